The van der Waals surface area contributed by atoms with Gasteiger partial charge in [-0.1, -0.05) is 18.2 Å². The highest BCUT2D eigenvalue weighted by Crippen LogP contribution is 2.36. The molecule has 11 heteroatoms. The molecule has 3 aromatic rings. The quantitative estimate of drug-likeness (QED) is 0.402. The molecule has 1 atom stereocenters. The Hall–Kier alpha value is -3.99. The lowest BCUT2D eigenvalue weighted by Gasteiger charge is -2.17. The lowest BCUT2D eigenvalue weighted by atomic mass is 10.1. The van der Waals surface area contributed by atoms with Gasteiger partial charge >= 0.3 is 12.2 Å². The van der Waals surface area contributed by atoms with Crippen LogP contribution in [0.2, 0.25) is 0 Å². The van der Waals surface area contributed by atoms with Crippen LogP contribution in [0.3, 0.4) is 0 Å². The smallest absolute Gasteiger partial charge is 0.418 e. The Bertz CT molecular complexity index is 1070. The van der Waals surface area contributed by atoms with E-state index in [1.165, 1.54) is 24.5 Å². The number of urea groups is 1. The van der Waals surface area contributed by atoms with Crippen LogP contribution in [-0.4, -0.2) is 36.3 Å². The normalized spacial score (nSPS) is 12.0. The van der Waals surface area contributed by atoms with Crippen molar-refractivity contribution >= 4 is 23.3 Å². The van der Waals surface area contributed by atoms with Crippen LogP contribution < -0.4 is 20.7 Å². The zero-order chi connectivity index (χ0) is 23.8. The summed E-state index contributed by atoms with van der Waals surface area (Å²) in [5.41, 5.74) is -1.82. The zero-order valence-electron chi connectivity index (χ0n) is 17.1. The molecule has 33 heavy (non-hydrogen) atoms. The summed E-state index contributed by atoms with van der Waals surface area (Å²) in [5, 5.41) is 16.6. The van der Waals surface area contributed by atoms with Gasteiger partial charge in [-0.2, -0.15) is 13.2 Å². The molecule has 0 saturated carbocycles. The summed E-state index contributed by atoms with van der Waals surface area (Å²) in [6.45, 7) is -0.376. The highest BCUT2D eigenvalue weighted by molar-refractivity contribution is 6.02. The van der Waals surface area contributed by atoms with Crippen molar-refractivity contribution in [2.75, 3.05) is 23.8 Å². The van der Waals surface area contributed by atoms with E-state index in [4.69, 9.17) is 9.15 Å². The van der Waals surface area contributed by atoms with Gasteiger partial charge in [-0.3, -0.25) is 4.79 Å². The van der Waals surface area contributed by atoms with Crippen molar-refractivity contribution in [1.29, 1.82) is 0 Å². The molecule has 0 radical (unpaired) electrons. The Morgan fingerprint density at radius 3 is 2.45 bits per heavy atom. The number of ether oxygens (including phenoxy) is 1. The molecule has 1 unspecified atom stereocenters. The van der Waals surface area contributed by atoms with Gasteiger partial charge in [-0.15, -0.1) is 0 Å². The molecular formula is C22H20F3N3O5. The van der Waals surface area contributed by atoms with E-state index in [-0.39, 0.29) is 24.6 Å². The molecule has 0 aliphatic carbocycles. The SMILES string of the molecule is O=C(NCC(O)COc1ccccc1)Nc1ccc(NC(=O)c2ccco2)cc1C(F)(F)F. The number of carbonyl (C=O) groups is 2. The van der Waals surface area contributed by atoms with Crippen molar-refractivity contribution in [3.8, 4) is 5.75 Å². The summed E-state index contributed by atoms with van der Waals surface area (Å²) in [6.07, 6.45) is -4.64. The van der Waals surface area contributed by atoms with Crippen molar-refractivity contribution in [2.24, 2.45) is 0 Å². The average Bonchev–Trinajstić information content (AvgIpc) is 3.32. The second-order valence-electron chi connectivity index (χ2n) is 6.80. The molecule has 3 amide bonds. The number of alkyl halides is 3. The molecule has 174 valence electrons. The maximum absolute atomic E-state index is 13.5. The fourth-order valence-electron chi connectivity index (χ4n) is 2.71. The van der Waals surface area contributed by atoms with E-state index in [9.17, 15) is 27.9 Å². The van der Waals surface area contributed by atoms with Crippen LogP contribution in [0.4, 0.5) is 29.3 Å². The fraction of sp³-hybridized carbons (Fsp3) is 0.182. The maximum atomic E-state index is 13.5. The number of rotatable bonds is 8. The number of nitrogens with one attached hydrogen (secondary N) is 3. The molecule has 1 heterocycles. The largest absolute Gasteiger partial charge is 0.491 e. The molecule has 0 saturated heterocycles. The van der Waals surface area contributed by atoms with Gasteiger partial charge in [0.1, 0.15) is 18.5 Å². The number of halogens is 3. The second-order valence-corrected chi connectivity index (χ2v) is 6.80. The van der Waals surface area contributed by atoms with E-state index >= 15 is 0 Å². The Morgan fingerprint density at radius 1 is 1.03 bits per heavy atom. The Morgan fingerprint density at radius 2 is 1.79 bits per heavy atom. The van der Waals surface area contributed by atoms with Crippen LogP contribution in [0.15, 0.2) is 71.3 Å². The number of aliphatic hydroxyl groups excluding tert-OH is 1. The number of anilines is 2. The lowest BCUT2D eigenvalue weighted by molar-refractivity contribution is -0.136. The molecule has 4 N–H and O–H groups in total. The minimum atomic E-state index is -4.81. The molecule has 0 aliphatic heterocycles. The van der Waals surface area contributed by atoms with Crippen LogP contribution >= 0.6 is 0 Å². The number of para-hydroxylation sites is 1. The van der Waals surface area contributed by atoms with Crippen molar-refractivity contribution < 1.29 is 37.0 Å². The van der Waals surface area contributed by atoms with Crippen LogP contribution in [0.1, 0.15) is 16.1 Å². The summed E-state index contributed by atoms with van der Waals surface area (Å²) in [5.74, 6) is -0.270. The number of carbonyl (C=O) groups excluding carboxylic acids is 2. The summed E-state index contributed by atoms with van der Waals surface area (Å²) in [4.78, 5) is 24.1. The monoisotopic (exact) mass is 463 g/mol. The molecule has 0 bridgehead atoms. The third kappa shape index (κ3) is 7.01. The van der Waals surface area contributed by atoms with Crippen LogP contribution in [-0.2, 0) is 6.18 Å². The zero-order valence-corrected chi connectivity index (χ0v) is 17.1. The molecule has 1 aromatic heterocycles. The van der Waals surface area contributed by atoms with E-state index in [1.54, 1.807) is 30.3 Å². The Balaban J connectivity index is 1.58. The molecule has 8 nitrogen and oxygen atoms in total. The van der Waals surface area contributed by atoms with Crippen LogP contribution in [0.25, 0.3) is 0 Å². The molecule has 0 fully saturated rings. The molecule has 2 aromatic carbocycles. The second kappa shape index (κ2) is 10.6. The van der Waals surface area contributed by atoms with Crippen molar-refractivity contribution in [3.05, 3.63) is 78.3 Å². The number of aliphatic hydroxyl groups is 1. The minimum absolute atomic E-state index is 0.0695. The van der Waals surface area contributed by atoms with Gasteiger partial charge in [0, 0.05) is 12.2 Å². The van der Waals surface area contributed by atoms with E-state index in [0.29, 0.717) is 11.8 Å². The van der Waals surface area contributed by atoms with Gasteiger partial charge in [0.2, 0.25) is 0 Å². The third-order valence-corrected chi connectivity index (χ3v) is 4.26. The van der Waals surface area contributed by atoms with Gasteiger partial charge in [-0.25, -0.2) is 4.79 Å². The van der Waals surface area contributed by atoms with Gasteiger partial charge in [-0.05, 0) is 42.5 Å². The van der Waals surface area contributed by atoms with Crippen molar-refractivity contribution in [2.45, 2.75) is 12.3 Å². The summed E-state index contributed by atoms with van der Waals surface area (Å²) >= 11 is 0. The first-order valence-electron chi connectivity index (χ1n) is 9.69. The topological polar surface area (TPSA) is 113 Å². The number of benzene rings is 2. The average molecular weight is 463 g/mol. The molecule has 0 aliphatic rings. The first kappa shape index (κ1) is 23.7. The molecule has 3 rings (SSSR count). The van der Waals surface area contributed by atoms with Gasteiger partial charge in [0.05, 0.1) is 17.5 Å². The Kier molecular flexibility index (Phi) is 7.57. The van der Waals surface area contributed by atoms with Crippen LogP contribution in [0.5, 0.6) is 5.75 Å². The molecular weight excluding hydrogens is 443 g/mol. The Labute approximate surface area is 186 Å². The first-order chi connectivity index (χ1) is 15.7. The molecule has 0 spiro atoms. The van der Waals surface area contributed by atoms with Crippen molar-refractivity contribution in [3.63, 3.8) is 0 Å². The predicted molar refractivity (Wildman–Crippen MR) is 113 cm³/mol. The van der Waals surface area contributed by atoms with E-state index in [1.807, 2.05) is 0 Å². The van der Waals surface area contributed by atoms with Gasteiger partial charge in [0.15, 0.2) is 5.76 Å². The van der Waals surface area contributed by atoms with E-state index in [0.717, 1.165) is 6.07 Å². The highest BCUT2D eigenvalue weighted by atomic mass is 19.4. The van der Waals surface area contributed by atoms with E-state index in [2.05, 4.69) is 16.0 Å². The minimum Gasteiger partial charge on any atom is -0.491 e. The fourth-order valence-corrected chi connectivity index (χ4v) is 2.71. The number of amides is 3. The first-order valence-corrected chi connectivity index (χ1v) is 9.69. The third-order valence-electron chi connectivity index (χ3n) is 4.26. The lowest BCUT2D eigenvalue weighted by Crippen LogP contribution is -2.38. The number of furan rings is 1. The van der Waals surface area contributed by atoms with E-state index < -0.39 is 35.5 Å². The summed E-state index contributed by atoms with van der Waals surface area (Å²) < 4.78 is 50.8. The van der Waals surface area contributed by atoms with Crippen LogP contribution in [0, 0.1) is 0 Å². The predicted octanol–water partition coefficient (Wildman–Crippen LogP) is 4.11. The summed E-state index contributed by atoms with van der Waals surface area (Å²) in [7, 11) is 0. The van der Waals surface area contributed by atoms with Gasteiger partial charge in [0.25, 0.3) is 5.91 Å². The standard InChI is InChI=1S/C22H20F3N3O5/c23-22(24,25)17-11-14(27-20(30)19-7-4-10-32-19)8-9-18(17)28-21(31)26-12-15(29)13-33-16-5-2-1-3-6-16/h1-11,15,29H,12-13H2,(H,27,30)(H2,26,28,31). The van der Waals surface area contributed by atoms with Crippen molar-refractivity contribution in [1.82, 2.24) is 5.32 Å². The maximum Gasteiger partial charge on any atom is 0.418 e. The van der Waals surface area contributed by atoms with Gasteiger partial charge < -0.3 is 30.2 Å². The number of hydrogen-bond acceptors (Lipinski definition) is 5. The highest BCUT2D eigenvalue weighted by Gasteiger charge is 2.34. The number of hydrogen-bond donors (Lipinski definition) is 4. The summed E-state index contributed by atoms with van der Waals surface area (Å²) in [6, 6.07) is 13.4.